The minimum Gasteiger partial charge on any atom is -0.353 e. The van der Waals surface area contributed by atoms with Crippen molar-refractivity contribution in [2.45, 2.75) is 40.5 Å². The fraction of sp³-hybridized carbons (Fsp3) is 0.538. The molecule has 7 nitrogen and oxygen atoms in total. The molecule has 0 spiro atoms. The quantitative estimate of drug-likeness (QED) is 0.587. The summed E-state index contributed by atoms with van der Waals surface area (Å²) in [6.45, 7) is 11.4. The zero-order valence-corrected chi connectivity index (χ0v) is 20.7. The zero-order chi connectivity index (χ0) is 24.7. The smallest absolute Gasteiger partial charge is 0.242 e. The number of halogens is 1. The van der Waals surface area contributed by atoms with Crippen molar-refractivity contribution in [3.63, 3.8) is 0 Å². The van der Waals surface area contributed by atoms with Crippen molar-refractivity contribution in [2.75, 3.05) is 44.2 Å². The lowest BCUT2D eigenvalue weighted by Crippen LogP contribution is -2.45. The molecule has 1 aliphatic rings. The van der Waals surface area contributed by atoms with Gasteiger partial charge < -0.3 is 14.7 Å². The Kier molecular flexibility index (Phi) is 8.96. The van der Waals surface area contributed by atoms with Crippen LogP contribution in [-0.4, -0.2) is 71.1 Å². The Hall–Kier alpha value is -3.03. The van der Waals surface area contributed by atoms with E-state index in [0.717, 1.165) is 30.8 Å². The first-order chi connectivity index (χ1) is 16.2. The lowest BCUT2D eigenvalue weighted by atomic mass is 10.1. The van der Waals surface area contributed by atoms with Gasteiger partial charge in [-0.2, -0.15) is 0 Å². The predicted molar refractivity (Wildman–Crippen MR) is 132 cm³/mol. The van der Waals surface area contributed by atoms with E-state index in [1.165, 1.54) is 12.1 Å². The molecule has 3 rings (SSSR count). The molecule has 0 atom stereocenters. The summed E-state index contributed by atoms with van der Waals surface area (Å²) in [6.07, 6.45) is 1.70. The van der Waals surface area contributed by atoms with Crippen LogP contribution in [0.15, 0.2) is 36.4 Å². The highest BCUT2D eigenvalue weighted by Crippen LogP contribution is 2.20. The Bertz CT molecular complexity index is 947. The molecule has 0 aliphatic carbocycles. The Morgan fingerprint density at radius 3 is 2.32 bits per heavy atom. The van der Waals surface area contributed by atoms with Gasteiger partial charge in [0.25, 0.3) is 0 Å². The van der Waals surface area contributed by atoms with Crippen LogP contribution >= 0.6 is 0 Å². The second-order valence-corrected chi connectivity index (χ2v) is 9.60. The van der Waals surface area contributed by atoms with E-state index in [1.54, 1.807) is 17.0 Å². The van der Waals surface area contributed by atoms with Crippen LogP contribution in [-0.2, 0) is 9.59 Å². The summed E-state index contributed by atoms with van der Waals surface area (Å²) in [5, 5.41) is 8.68. The molecule has 0 unspecified atom stereocenters. The summed E-state index contributed by atoms with van der Waals surface area (Å²) in [5.41, 5.74) is 1.50. The van der Waals surface area contributed by atoms with Gasteiger partial charge in [0, 0.05) is 44.2 Å². The number of aromatic nitrogens is 2. The van der Waals surface area contributed by atoms with E-state index in [1.807, 2.05) is 30.9 Å². The molecule has 34 heavy (non-hydrogen) atoms. The van der Waals surface area contributed by atoms with Crippen molar-refractivity contribution in [3.05, 3.63) is 42.2 Å². The van der Waals surface area contributed by atoms with Crippen LogP contribution in [0, 0.1) is 17.7 Å². The largest absolute Gasteiger partial charge is 0.353 e. The van der Waals surface area contributed by atoms with Gasteiger partial charge in [-0.1, -0.05) is 27.7 Å². The number of carbonyl (C=O) groups is 2. The molecule has 0 N–H and O–H groups in total. The van der Waals surface area contributed by atoms with Gasteiger partial charge >= 0.3 is 0 Å². The summed E-state index contributed by atoms with van der Waals surface area (Å²) in [4.78, 5) is 31.4. The van der Waals surface area contributed by atoms with Crippen molar-refractivity contribution in [1.82, 2.24) is 20.0 Å². The molecule has 0 radical (unpaired) electrons. The molecule has 2 aromatic rings. The third-order valence-electron chi connectivity index (χ3n) is 6.07. The van der Waals surface area contributed by atoms with Gasteiger partial charge in [-0.25, -0.2) is 4.39 Å². The van der Waals surface area contributed by atoms with Crippen molar-refractivity contribution < 1.29 is 14.0 Å². The van der Waals surface area contributed by atoms with Gasteiger partial charge in [-0.3, -0.25) is 9.59 Å². The number of benzene rings is 1. The highest BCUT2D eigenvalue weighted by Gasteiger charge is 2.25. The van der Waals surface area contributed by atoms with Gasteiger partial charge in [-0.15, -0.1) is 10.2 Å². The van der Waals surface area contributed by atoms with Gasteiger partial charge in [0.1, 0.15) is 5.82 Å². The number of rotatable bonds is 8. The minimum atomic E-state index is -0.284. The van der Waals surface area contributed by atoms with E-state index in [0.29, 0.717) is 37.8 Å². The number of anilines is 1. The lowest BCUT2D eigenvalue weighted by molar-refractivity contribution is -0.142. The molecule has 1 saturated heterocycles. The van der Waals surface area contributed by atoms with Crippen LogP contribution < -0.4 is 4.90 Å². The molecule has 0 saturated carbocycles. The normalized spacial score (nSPS) is 14.4. The first-order valence-electron chi connectivity index (χ1n) is 12.2. The molecular weight excluding hydrogens is 433 g/mol. The number of carbonyl (C=O) groups excluding carboxylic acids is 2. The Morgan fingerprint density at radius 1 is 0.971 bits per heavy atom. The van der Waals surface area contributed by atoms with E-state index in [9.17, 15) is 14.0 Å². The van der Waals surface area contributed by atoms with Gasteiger partial charge in [0.15, 0.2) is 5.82 Å². The van der Waals surface area contributed by atoms with E-state index in [2.05, 4.69) is 28.9 Å². The van der Waals surface area contributed by atoms with Crippen molar-refractivity contribution in [2.24, 2.45) is 11.8 Å². The molecule has 8 heteroatoms. The second kappa shape index (κ2) is 11.9. The maximum atomic E-state index is 13.2. The Balaban J connectivity index is 1.59. The van der Waals surface area contributed by atoms with Crippen LogP contribution in [0.4, 0.5) is 10.2 Å². The molecule has 1 aliphatic heterocycles. The van der Waals surface area contributed by atoms with Crippen molar-refractivity contribution >= 4 is 17.6 Å². The lowest BCUT2D eigenvalue weighted by Gasteiger charge is -2.28. The topological polar surface area (TPSA) is 69.6 Å². The fourth-order valence-electron chi connectivity index (χ4n) is 3.97. The van der Waals surface area contributed by atoms with Crippen LogP contribution in [0.2, 0.25) is 0 Å². The van der Waals surface area contributed by atoms with Crippen LogP contribution in [0.25, 0.3) is 11.3 Å². The van der Waals surface area contributed by atoms with Crippen LogP contribution in [0.5, 0.6) is 0 Å². The van der Waals surface area contributed by atoms with Crippen LogP contribution in [0.3, 0.4) is 0 Å². The van der Waals surface area contributed by atoms with E-state index >= 15 is 0 Å². The Morgan fingerprint density at radius 2 is 1.71 bits per heavy atom. The highest BCUT2D eigenvalue weighted by atomic mass is 19.1. The fourth-order valence-corrected chi connectivity index (χ4v) is 3.97. The van der Waals surface area contributed by atoms with E-state index < -0.39 is 0 Å². The molecule has 0 bridgehead atoms. The molecule has 1 aromatic carbocycles. The maximum absolute atomic E-state index is 13.2. The summed E-state index contributed by atoms with van der Waals surface area (Å²) < 4.78 is 13.2. The summed E-state index contributed by atoms with van der Waals surface area (Å²) in [5.74, 6) is 0.845. The standard InChI is InChI=1S/C26H36FN5O2/c1-19(2)12-15-32(26(34)20(3)4)18-25(33)31-14-5-13-30(16-17-31)24-11-10-23(28-29-24)21-6-8-22(27)9-7-21/h6-11,19-20H,5,12-18H2,1-4H3. The molecule has 1 fully saturated rings. The van der Waals surface area contributed by atoms with Gasteiger partial charge in [0.2, 0.25) is 11.8 Å². The molecule has 2 amide bonds. The molecule has 2 heterocycles. The predicted octanol–water partition coefficient (Wildman–Crippen LogP) is 3.85. The maximum Gasteiger partial charge on any atom is 0.242 e. The van der Waals surface area contributed by atoms with E-state index in [4.69, 9.17) is 0 Å². The van der Waals surface area contributed by atoms with Crippen LogP contribution in [0.1, 0.15) is 40.5 Å². The summed E-state index contributed by atoms with van der Waals surface area (Å²) >= 11 is 0. The van der Waals surface area contributed by atoms with Crippen molar-refractivity contribution in [3.8, 4) is 11.3 Å². The molecular formula is C26H36FN5O2. The monoisotopic (exact) mass is 469 g/mol. The SMILES string of the molecule is CC(C)CCN(CC(=O)N1CCCN(c2ccc(-c3ccc(F)cc3)nn2)CC1)C(=O)C(C)C. The zero-order valence-electron chi connectivity index (χ0n) is 20.7. The first-order valence-corrected chi connectivity index (χ1v) is 12.2. The summed E-state index contributed by atoms with van der Waals surface area (Å²) in [7, 11) is 0. The van der Waals surface area contributed by atoms with Crippen molar-refractivity contribution in [1.29, 1.82) is 0 Å². The minimum absolute atomic E-state index is 0.00246. The van der Waals surface area contributed by atoms with Gasteiger partial charge in [0.05, 0.1) is 12.2 Å². The highest BCUT2D eigenvalue weighted by molar-refractivity contribution is 5.85. The molecule has 1 aromatic heterocycles. The Labute approximate surface area is 201 Å². The number of hydrogen-bond donors (Lipinski definition) is 0. The number of amides is 2. The average Bonchev–Trinajstić information content (AvgIpc) is 3.08. The number of hydrogen-bond acceptors (Lipinski definition) is 5. The number of nitrogens with zero attached hydrogens (tertiary/aromatic N) is 5. The van der Waals surface area contributed by atoms with Gasteiger partial charge in [-0.05, 0) is 55.2 Å². The second-order valence-electron chi connectivity index (χ2n) is 9.60. The average molecular weight is 470 g/mol. The molecule has 184 valence electrons. The summed E-state index contributed by atoms with van der Waals surface area (Å²) in [6, 6.07) is 9.98. The third kappa shape index (κ3) is 6.98. The van der Waals surface area contributed by atoms with E-state index in [-0.39, 0.29) is 30.1 Å². The first kappa shape index (κ1) is 25.6. The third-order valence-corrected chi connectivity index (χ3v) is 6.07.